The summed E-state index contributed by atoms with van der Waals surface area (Å²) in [5, 5.41) is 5.05. The number of amides is 1. The van der Waals surface area contributed by atoms with Crippen molar-refractivity contribution >= 4 is 22.9 Å². The number of nitrogens with one attached hydrogen (secondary N) is 1. The van der Waals surface area contributed by atoms with Gasteiger partial charge in [-0.3, -0.25) is 4.79 Å². The molecule has 0 radical (unpaired) electrons. The fourth-order valence-corrected chi connectivity index (χ4v) is 3.83. The number of hydrogen-bond donors (Lipinski definition) is 1. The summed E-state index contributed by atoms with van der Waals surface area (Å²) < 4.78 is 2.08. The van der Waals surface area contributed by atoms with Crippen molar-refractivity contribution in [2.75, 3.05) is 0 Å². The number of hydrogen-bond acceptors (Lipinski definition) is 3. The molecule has 4 nitrogen and oxygen atoms in total. The lowest BCUT2D eigenvalue weighted by Gasteiger charge is -2.08. The Hall–Kier alpha value is -2.92. The van der Waals surface area contributed by atoms with Gasteiger partial charge in [0.25, 0.3) is 0 Å². The number of fused-ring (bicyclic) bond motifs is 1. The van der Waals surface area contributed by atoms with Crippen molar-refractivity contribution in [3.63, 3.8) is 0 Å². The van der Waals surface area contributed by atoms with Crippen LogP contribution in [0.3, 0.4) is 0 Å². The fourth-order valence-electron chi connectivity index (χ4n) is 3.13. The van der Waals surface area contributed by atoms with Crippen LogP contribution in [0.2, 0.25) is 0 Å². The third-order valence-electron chi connectivity index (χ3n) is 4.56. The maximum absolute atomic E-state index is 12.4. The summed E-state index contributed by atoms with van der Waals surface area (Å²) in [5.74, 6) is 0.0231. The van der Waals surface area contributed by atoms with Crippen LogP contribution in [-0.4, -0.2) is 15.3 Å². The highest BCUT2D eigenvalue weighted by atomic mass is 32.1. The Kier molecular flexibility index (Phi) is 4.77. The maximum atomic E-state index is 12.4. The van der Waals surface area contributed by atoms with Crippen molar-refractivity contribution in [1.29, 1.82) is 0 Å². The number of aryl methyl sites for hydroxylation is 2. The van der Waals surface area contributed by atoms with E-state index in [1.54, 1.807) is 11.3 Å². The summed E-state index contributed by atoms with van der Waals surface area (Å²) in [6.45, 7) is 4.57. The van der Waals surface area contributed by atoms with Gasteiger partial charge in [-0.15, -0.1) is 11.3 Å². The highest BCUT2D eigenvalue weighted by molar-refractivity contribution is 7.10. The first kappa shape index (κ1) is 17.5. The number of imidazole rings is 1. The van der Waals surface area contributed by atoms with E-state index < -0.39 is 0 Å². The molecule has 0 aliphatic heterocycles. The van der Waals surface area contributed by atoms with Gasteiger partial charge in [0, 0.05) is 16.6 Å². The van der Waals surface area contributed by atoms with Crippen LogP contribution >= 0.6 is 11.3 Å². The van der Waals surface area contributed by atoms with Gasteiger partial charge in [-0.2, -0.15) is 0 Å². The average Bonchev–Trinajstić information content (AvgIpc) is 3.28. The molecular formula is C22H21N3OS. The molecule has 3 heterocycles. The summed E-state index contributed by atoms with van der Waals surface area (Å²) in [6, 6.07) is 16.4. The first-order chi connectivity index (χ1) is 13.1. The largest absolute Gasteiger partial charge is 0.350 e. The van der Waals surface area contributed by atoms with Gasteiger partial charge in [-0.1, -0.05) is 42.0 Å². The van der Waals surface area contributed by atoms with Crippen LogP contribution in [0, 0.1) is 13.8 Å². The second-order valence-electron chi connectivity index (χ2n) is 6.74. The van der Waals surface area contributed by atoms with Gasteiger partial charge in [-0.25, -0.2) is 4.98 Å². The van der Waals surface area contributed by atoms with E-state index >= 15 is 0 Å². The molecule has 1 aromatic carbocycles. The van der Waals surface area contributed by atoms with Gasteiger partial charge in [0.05, 0.1) is 24.4 Å². The Balaban J connectivity index is 1.66. The van der Waals surface area contributed by atoms with Crippen molar-refractivity contribution in [2.45, 2.75) is 26.8 Å². The number of carbonyl (C=O) groups is 1. The van der Waals surface area contributed by atoms with E-state index in [0.29, 0.717) is 13.0 Å². The molecule has 0 spiro atoms. The van der Waals surface area contributed by atoms with Gasteiger partial charge in [0.1, 0.15) is 5.65 Å². The van der Waals surface area contributed by atoms with E-state index in [0.717, 1.165) is 33.0 Å². The lowest BCUT2D eigenvalue weighted by atomic mass is 10.1. The quantitative estimate of drug-likeness (QED) is 0.557. The molecule has 0 aliphatic rings. The first-order valence-corrected chi connectivity index (χ1v) is 9.82. The molecule has 5 heteroatoms. The Morgan fingerprint density at radius 1 is 1.07 bits per heavy atom. The van der Waals surface area contributed by atoms with Gasteiger partial charge >= 0.3 is 0 Å². The first-order valence-electron chi connectivity index (χ1n) is 8.94. The molecule has 0 saturated carbocycles. The van der Waals surface area contributed by atoms with Crippen LogP contribution in [0.15, 0.2) is 60.1 Å². The van der Waals surface area contributed by atoms with Crippen LogP contribution in [-0.2, 0) is 17.8 Å². The van der Waals surface area contributed by atoms with Crippen LogP contribution in [0.25, 0.3) is 16.9 Å². The zero-order valence-corrected chi connectivity index (χ0v) is 16.2. The highest BCUT2D eigenvalue weighted by Crippen LogP contribution is 2.25. The van der Waals surface area contributed by atoms with Crippen LogP contribution in [0.4, 0.5) is 0 Å². The SMILES string of the molecule is Cc1ccc(-c2nc3ccc(C)cn3c2CNC(=O)Cc2cccs2)cc1. The molecule has 0 saturated heterocycles. The van der Waals surface area contributed by atoms with Crippen molar-refractivity contribution in [2.24, 2.45) is 0 Å². The molecule has 0 fully saturated rings. The smallest absolute Gasteiger partial charge is 0.225 e. The van der Waals surface area contributed by atoms with Crippen LogP contribution < -0.4 is 5.32 Å². The zero-order valence-electron chi connectivity index (χ0n) is 15.4. The molecule has 1 N–H and O–H groups in total. The predicted molar refractivity (Wildman–Crippen MR) is 110 cm³/mol. The minimum Gasteiger partial charge on any atom is -0.350 e. The van der Waals surface area contributed by atoms with Crippen molar-refractivity contribution < 1.29 is 4.79 Å². The normalized spacial score (nSPS) is 11.0. The number of nitrogens with zero attached hydrogens (tertiary/aromatic N) is 2. The molecule has 4 rings (SSSR count). The van der Waals surface area contributed by atoms with E-state index in [1.807, 2.05) is 23.6 Å². The lowest BCUT2D eigenvalue weighted by molar-refractivity contribution is -0.120. The highest BCUT2D eigenvalue weighted by Gasteiger charge is 2.15. The molecule has 0 atom stereocenters. The van der Waals surface area contributed by atoms with Crippen molar-refractivity contribution in [1.82, 2.24) is 14.7 Å². The molecule has 3 aromatic heterocycles. The third kappa shape index (κ3) is 3.78. The van der Waals surface area contributed by atoms with Crippen molar-refractivity contribution in [3.05, 3.63) is 81.8 Å². The van der Waals surface area contributed by atoms with Gasteiger partial charge in [0.15, 0.2) is 0 Å². The molecular weight excluding hydrogens is 354 g/mol. The number of aromatic nitrogens is 2. The number of pyridine rings is 1. The minimum absolute atomic E-state index is 0.0231. The van der Waals surface area contributed by atoms with E-state index in [1.165, 1.54) is 5.56 Å². The number of thiophene rings is 1. The summed E-state index contributed by atoms with van der Waals surface area (Å²) in [6.07, 6.45) is 2.48. The second-order valence-corrected chi connectivity index (χ2v) is 7.77. The summed E-state index contributed by atoms with van der Waals surface area (Å²) in [4.78, 5) is 18.3. The van der Waals surface area contributed by atoms with Gasteiger partial charge < -0.3 is 9.72 Å². The Morgan fingerprint density at radius 2 is 1.85 bits per heavy atom. The minimum atomic E-state index is 0.0231. The van der Waals surface area contributed by atoms with Crippen LogP contribution in [0.5, 0.6) is 0 Å². The molecule has 0 unspecified atom stereocenters. The topological polar surface area (TPSA) is 46.4 Å². The average molecular weight is 375 g/mol. The Labute approximate surface area is 162 Å². The third-order valence-corrected chi connectivity index (χ3v) is 5.43. The van der Waals surface area contributed by atoms with E-state index in [-0.39, 0.29) is 5.91 Å². The number of carbonyl (C=O) groups excluding carboxylic acids is 1. The van der Waals surface area contributed by atoms with Gasteiger partial charge in [-0.05, 0) is 36.9 Å². The second kappa shape index (κ2) is 7.37. The fraction of sp³-hybridized carbons (Fsp3) is 0.182. The zero-order chi connectivity index (χ0) is 18.8. The number of benzene rings is 1. The predicted octanol–water partition coefficient (Wildman–Crippen LogP) is 4.54. The Morgan fingerprint density at radius 3 is 2.59 bits per heavy atom. The summed E-state index contributed by atoms with van der Waals surface area (Å²) in [7, 11) is 0. The molecule has 1 amide bonds. The Bertz CT molecular complexity index is 1080. The molecule has 4 aromatic rings. The standard InChI is InChI=1S/C22H21N3OS/c1-15-5-8-17(9-6-15)22-19(25-14-16(2)7-10-20(25)24-22)13-23-21(26)12-18-4-3-11-27-18/h3-11,14H,12-13H2,1-2H3,(H,23,26). The summed E-state index contributed by atoms with van der Waals surface area (Å²) >= 11 is 1.60. The monoisotopic (exact) mass is 375 g/mol. The van der Waals surface area contributed by atoms with E-state index in [9.17, 15) is 4.79 Å². The van der Waals surface area contributed by atoms with E-state index in [2.05, 4.69) is 60.1 Å². The van der Waals surface area contributed by atoms with Gasteiger partial charge in [0.2, 0.25) is 5.91 Å². The molecule has 0 aliphatic carbocycles. The maximum Gasteiger partial charge on any atom is 0.225 e. The van der Waals surface area contributed by atoms with E-state index in [4.69, 9.17) is 4.98 Å². The molecule has 0 bridgehead atoms. The number of rotatable bonds is 5. The van der Waals surface area contributed by atoms with Crippen LogP contribution in [0.1, 0.15) is 21.7 Å². The van der Waals surface area contributed by atoms with Crippen molar-refractivity contribution in [3.8, 4) is 11.3 Å². The lowest BCUT2D eigenvalue weighted by Crippen LogP contribution is -2.25. The molecule has 27 heavy (non-hydrogen) atoms. The molecule has 136 valence electrons. The summed E-state index contributed by atoms with van der Waals surface area (Å²) in [5.41, 5.74) is 6.22.